The molecule has 0 aromatic heterocycles. The van der Waals surface area contributed by atoms with Gasteiger partial charge in [0.05, 0.1) is 0 Å². The highest BCUT2D eigenvalue weighted by molar-refractivity contribution is 5.79. The summed E-state index contributed by atoms with van der Waals surface area (Å²) in [4.78, 5) is 10.3. The highest BCUT2D eigenvalue weighted by Gasteiger charge is 2.02. The van der Waals surface area contributed by atoms with E-state index in [1.165, 1.54) is 57.4 Å². The Morgan fingerprint density at radius 2 is 1.50 bits per heavy atom. The molecule has 0 saturated carbocycles. The highest BCUT2D eigenvalue weighted by Crippen LogP contribution is 2.17. The number of carboxylic acid groups (broad SMARTS) is 1. The lowest BCUT2D eigenvalue weighted by molar-refractivity contribution is -0.131. The molecule has 0 saturated heterocycles. The number of carbonyl (C=O) groups is 1. The van der Waals surface area contributed by atoms with Gasteiger partial charge in [-0.1, -0.05) is 78.2 Å². The number of allylic oxidation sites excluding steroid dienone is 1. The normalized spacial score (nSPS) is 14.6. The molecule has 2 unspecified atom stereocenters. The van der Waals surface area contributed by atoms with Gasteiger partial charge in [-0.05, 0) is 24.7 Å². The summed E-state index contributed by atoms with van der Waals surface area (Å²) in [5, 5.41) is 8.49. The molecule has 0 aromatic carbocycles. The molecule has 1 N–H and O–H groups in total. The second-order valence-corrected chi connectivity index (χ2v) is 6.28. The molecule has 0 aliphatic carbocycles. The third kappa shape index (κ3) is 13.6. The monoisotopic (exact) mass is 282 g/mol. The van der Waals surface area contributed by atoms with E-state index in [2.05, 4.69) is 20.8 Å². The van der Waals surface area contributed by atoms with Crippen LogP contribution >= 0.6 is 0 Å². The van der Waals surface area contributed by atoms with Gasteiger partial charge in [0, 0.05) is 6.08 Å². The fourth-order valence-corrected chi connectivity index (χ4v) is 2.43. The molecule has 0 aliphatic heterocycles. The number of rotatable bonds is 13. The predicted molar refractivity (Wildman–Crippen MR) is 86.9 cm³/mol. The standard InChI is InChI=1S/C18H34O2/c1-4-16(2)12-8-6-5-7-9-13-17(3)14-10-11-15-18(19)20/h11,15-17H,4-10,12-14H2,1-3H3,(H,19,20). The second kappa shape index (κ2) is 13.2. The number of unbranched alkanes of at least 4 members (excludes halogenated alkanes) is 4. The number of carboxylic acids is 1. The fraction of sp³-hybridized carbons (Fsp3) is 0.833. The summed E-state index contributed by atoms with van der Waals surface area (Å²) in [5.41, 5.74) is 0. The Morgan fingerprint density at radius 1 is 0.950 bits per heavy atom. The van der Waals surface area contributed by atoms with Gasteiger partial charge in [-0.3, -0.25) is 0 Å². The maximum Gasteiger partial charge on any atom is 0.327 e. The average Bonchev–Trinajstić information content (AvgIpc) is 2.42. The largest absolute Gasteiger partial charge is 0.478 e. The molecule has 20 heavy (non-hydrogen) atoms. The van der Waals surface area contributed by atoms with Crippen molar-refractivity contribution in [1.82, 2.24) is 0 Å². The third-order valence-corrected chi connectivity index (χ3v) is 4.18. The van der Waals surface area contributed by atoms with Crippen molar-refractivity contribution in [3.63, 3.8) is 0 Å². The Labute approximate surface area is 125 Å². The van der Waals surface area contributed by atoms with Gasteiger partial charge >= 0.3 is 5.97 Å². The molecule has 2 nitrogen and oxygen atoms in total. The lowest BCUT2D eigenvalue weighted by Crippen LogP contribution is -1.95. The van der Waals surface area contributed by atoms with Crippen LogP contribution in [-0.4, -0.2) is 11.1 Å². The molecule has 0 fully saturated rings. The topological polar surface area (TPSA) is 37.3 Å². The van der Waals surface area contributed by atoms with Crippen molar-refractivity contribution >= 4 is 5.97 Å². The van der Waals surface area contributed by atoms with E-state index in [9.17, 15) is 4.79 Å². The lowest BCUT2D eigenvalue weighted by atomic mass is 9.96. The molecule has 118 valence electrons. The summed E-state index contributed by atoms with van der Waals surface area (Å²) in [7, 11) is 0. The van der Waals surface area contributed by atoms with Gasteiger partial charge in [-0.15, -0.1) is 0 Å². The van der Waals surface area contributed by atoms with Crippen LogP contribution in [0.4, 0.5) is 0 Å². The van der Waals surface area contributed by atoms with Crippen LogP contribution in [0.3, 0.4) is 0 Å². The first kappa shape index (κ1) is 19.2. The van der Waals surface area contributed by atoms with Crippen LogP contribution in [0.15, 0.2) is 12.2 Å². The van der Waals surface area contributed by atoms with Gasteiger partial charge < -0.3 is 5.11 Å². The molecule has 0 bridgehead atoms. The fourth-order valence-electron chi connectivity index (χ4n) is 2.43. The molecule has 0 radical (unpaired) electrons. The van der Waals surface area contributed by atoms with Gasteiger partial charge in [0.15, 0.2) is 0 Å². The number of hydrogen-bond acceptors (Lipinski definition) is 1. The smallest absolute Gasteiger partial charge is 0.327 e. The van der Waals surface area contributed by atoms with E-state index >= 15 is 0 Å². The number of aliphatic carboxylic acids is 1. The van der Waals surface area contributed by atoms with Crippen molar-refractivity contribution in [2.24, 2.45) is 11.8 Å². The molecular weight excluding hydrogens is 248 g/mol. The summed E-state index contributed by atoms with van der Waals surface area (Å²) >= 11 is 0. The Hall–Kier alpha value is -0.790. The van der Waals surface area contributed by atoms with Crippen LogP contribution in [0.1, 0.15) is 85.0 Å². The minimum Gasteiger partial charge on any atom is -0.478 e. The van der Waals surface area contributed by atoms with E-state index in [0.29, 0.717) is 5.92 Å². The summed E-state index contributed by atoms with van der Waals surface area (Å²) < 4.78 is 0. The molecule has 0 aromatic rings. The van der Waals surface area contributed by atoms with Crippen molar-refractivity contribution in [2.75, 3.05) is 0 Å². The van der Waals surface area contributed by atoms with E-state index in [4.69, 9.17) is 5.11 Å². The first-order chi connectivity index (χ1) is 9.56. The molecule has 2 atom stereocenters. The quantitative estimate of drug-likeness (QED) is 0.341. The predicted octanol–water partition coefficient (Wildman–Crippen LogP) is 5.82. The molecule has 0 heterocycles. The SMILES string of the molecule is CCC(C)CCCCCCCC(C)CCC=CC(=O)O. The van der Waals surface area contributed by atoms with E-state index in [1.807, 2.05) is 0 Å². The maximum atomic E-state index is 10.3. The van der Waals surface area contributed by atoms with E-state index in [-0.39, 0.29) is 0 Å². The molecular formula is C18H34O2. The van der Waals surface area contributed by atoms with Gasteiger partial charge in [-0.2, -0.15) is 0 Å². The minimum absolute atomic E-state index is 0.716. The van der Waals surface area contributed by atoms with Crippen LogP contribution in [-0.2, 0) is 4.79 Å². The van der Waals surface area contributed by atoms with E-state index < -0.39 is 5.97 Å². The summed E-state index contributed by atoms with van der Waals surface area (Å²) in [5.74, 6) is 0.775. The summed E-state index contributed by atoms with van der Waals surface area (Å²) in [6.07, 6.45) is 15.9. The van der Waals surface area contributed by atoms with Gasteiger partial charge in [0.1, 0.15) is 0 Å². The average molecular weight is 282 g/mol. The van der Waals surface area contributed by atoms with Crippen molar-refractivity contribution in [3.8, 4) is 0 Å². The Kier molecular flexibility index (Phi) is 12.7. The zero-order valence-corrected chi connectivity index (χ0v) is 13.7. The number of hydrogen-bond donors (Lipinski definition) is 1. The summed E-state index contributed by atoms with van der Waals surface area (Å²) in [6.45, 7) is 6.90. The first-order valence-electron chi connectivity index (χ1n) is 8.45. The third-order valence-electron chi connectivity index (χ3n) is 4.18. The molecule has 0 amide bonds. The molecule has 0 rings (SSSR count). The van der Waals surface area contributed by atoms with Crippen LogP contribution in [0.5, 0.6) is 0 Å². The Balaban J connectivity index is 3.31. The Morgan fingerprint density at radius 3 is 2.05 bits per heavy atom. The van der Waals surface area contributed by atoms with Crippen molar-refractivity contribution in [2.45, 2.75) is 85.0 Å². The van der Waals surface area contributed by atoms with Crippen molar-refractivity contribution < 1.29 is 9.90 Å². The highest BCUT2D eigenvalue weighted by atomic mass is 16.4. The van der Waals surface area contributed by atoms with Crippen LogP contribution in [0.25, 0.3) is 0 Å². The van der Waals surface area contributed by atoms with Gasteiger partial charge in [0.2, 0.25) is 0 Å². The van der Waals surface area contributed by atoms with Crippen molar-refractivity contribution in [3.05, 3.63) is 12.2 Å². The maximum absolute atomic E-state index is 10.3. The minimum atomic E-state index is -0.838. The van der Waals surface area contributed by atoms with E-state index in [1.54, 1.807) is 6.08 Å². The molecule has 0 aliphatic rings. The first-order valence-corrected chi connectivity index (χ1v) is 8.45. The van der Waals surface area contributed by atoms with Crippen molar-refractivity contribution in [1.29, 1.82) is 0 Å². The van der Waals surface area contributed by atoms with Crippen LogP contribution < -0.4 is 0 Å². The molecule has 2 heteroatoms. The Bertz CT molecular complexity index is 258. The second-order valence-electron chi connectivity index (χ2n) is 6.28. The molecule has 0 spiro atoms. The zero-order chi connectivity index (χ0) is 15.2. The summed E-state index contributed by atoms with van der Waals surface area (Å²) in [6, 6.07) is 0. The zero-order valence-electron chi connectivity index (χ0n) is 13.7. The lowest BCUT2D eigenvalue weighted by Gasteiger charge is -2.10. The van der Waals surface area contributed by atoms with Gasteiger partial charge in [-0.25, -0.2) is 4.79 Å². The van der Waals surface area contributed by atoms with Crippen LogP contribution in [0.2, 0.25) is 0 Å². The van der Waals surface area contributed by atoms with Crippen LogP contribution in [0, 0.1) is 11.8 Å². The van der Waals surface area contributed by atoms with Gasteiger partial charge in [0.25, 0.3) is 0 Å². The van der Waals surface area contributed by atoms with E-state index in [0.717, 1.165) is 18.8 Å².